The van der Waals surface area contributed by atoms with Gasteiger partial charge in [0, 0.05) is 5.56 Å². The molecule has 0 spiro atoms. The fourth-order valence-corrected chi connectivity index (χ4v) is 4.44. The van der Waals surface area contributed by atoms with E-state index in [1.807, 2.05) is 26.0 Å². The predicted molar refractivity (Wildman–Crippen MR) is 125 cm³/mol. The molecule has 2 N–H and O–H groups in total. The SMILES string of the molecule is CCc1ccc(C(C)NC(=O)c2cccc(NS(=O)(=O)c3ccc(C)cc3)c2C)cc1. The summed E-state index contributed by atoms with van der Waals surface area (Å²) in [5.74, 6) is -0.249. The van der Waals surface area contributed by atoms with Crippen molar-refractivity contribution in [1.29, 1.82) is 0 Å². The lowest BCUT2D eigenvalue weighted by Gasteiger charge is -2.17. The monoisotopic (exact) mass is 436 g/mol. The summed E-state index contributed by atoms with van der Waals surface area (Å²) in [5, 5.41) is 3.00. The minimum absolute atomic E-state index is 0.175. The number of hydrogen-bond acceptors (Lipinski definition) is 3. The number of nitrogens with one attached hydrogen (secondary N) is 2. The Balaban J connectivity index is 1.79. The molecule has 31 heavy (non-hydrogen) atoms. The summed E-state index contributed by atoms with van der Waals surface area (Å²) in [7, 11) is -3.75. The van der Waals surface area contributed by atoms with Gasteiger partial charge < -0.3 is 5.32 Å². The maximum atomic E-state index is 12.9. The second-order valence-electron chi connectivity index (χ2n) is 7.69. The van der Waals surface area contributed by atoms with Crippen molar-refractivity contribution in [3.63, 3.8) is 0 Å². The second kappa shape index (κ2) is 9.35. The van der Waals surface area contributed by atoms with Crippen molar-refractivity contribution in [3.8, 4) is 0 Å². The highest BCUT2D eigenvalue weighted by atomic mass is 32.2. The van der Waals surface area contributed by atoms with Gasteiger partial charge in [-0.25, -0.2) is 8.42 Å². The van der Waals surface area contributed by atoms with Gasteiger partial charge in [-0.05, 0) is 68.1 Å². The largest absolute Gasteiger partial charge is 0.346 e. The number of amides is 1. The van der Waals surface area contributed by atoms with Crippen molar-refractivity contribution in [1.82, 2.24) is 5.32 Å². The zero-order chi connectivity index (χ0) is 22.6. The van der Waals surface area contributed by atoms with Gasteiger partial charge in [-0.3, -0.25) is 9.52 Å². The van der Waals surface area contributed by atoms with Gasteiger partial charge in [0.15, 0.2) is 0 Å². The molecule has 0 aliphatic carbocycles. The van der Waals surface area contributed by atoms with Crippen molar-refractivity contribution < 1.29 is 13.2 Å². The number of benzene rings is 3. The van der Waals surface area contributed by atoms with Crippen LogP contribution in [0.4, 0.5) is 5.69 Å². The van der Waals surface area contributed by atoms with Gasteiger partial charge in [0.2, 0.25) is 0 Å². The first kappa shape index (κ1) is 22.6. The molecule has 1 amide bonds. The molecule has 1 atom stereocenters. The predicted octanol–water partition coefficient (Wildman–Crippen LogP) is 5.16. The van der Waals surface area contributed by atoms with Gasteiger partial charge in [-0.15, -0.1) is 0 Å². The molecule has 3 aromatic carbocycles. The van der Waals surface area contributed by atoms with Crippen molar-refractivity contribution >= 4 is 21.6 Å². The van der Waals surface area contributed by atoms with Crippen molar-refractivity contribution in [2.45, 2.75) is 45.1 Å². The van der Waals surface area contributed by atoms with Gasteiger partial charge in [-0.2, -0.15) is 0 Å². The quantitative estimate of drug-likeness (QED) is 0.537. The minimum atomic E-state index is -3.75. The van der Waals surface area contributed by atoms with Crippen LogP contribution in [0.1, 0.15) is 52.5 Å². The molecule has 162 valence electrons. The zero-order valence-corrected chi connectivity index (χ0v) is 19.1. The molecular formula is C25H28N2O3S. The van der Waals surface area contributed by atoms with Crippen LogP contribution in [-0.4, -0.2) is 14.3 Å². The minimum Gasteiger partial charge on any atom is -0.346 e. The van der Waals surface area contributed by atoms with Crippen LogP contribution in [0.15, 0.2) is 71.6 Å². The Kier molecular flexibility index (Phi) is 6.81. The van der Waals surface area contributed by atoms with E-state index in [9.17, 15) is 13.2 Å². The van der Waals surface area contributed by atoms with Gasteiger partial charge >= 0.3 is 0 Å². The molecule has 3 rings (SSSR count). The van der Waals surface area contributed by atoms with E-state index >= 15 is 0 Å². The Morgan fingerprint density at radius 2 is 1.58 bits per heavy atom. The van der Waals surface area contributed by atoms with Gasteiger partial charge in [0.1, 0.15) is 0 Å². The highest BCUT2D eigenvalue weighted by Gasteiger charge is 2.19. The Hall–Kier alpha value is -3.12. The van der Waals surface area contributed by atoms with Gasteiger partial charge in [-0.1, -0.05) is 55.0 Å². The van der Waals surface area contributed by atoms with Crippen LogP contribution < -0.4 is 10.0 Å². The van der Waals surface area contributed by atoms with E-state index in [1.165, 1.54) is 5.56 Å². The lowest BCUT2D eigenvalue weighted by molar-refractivity contribution is 0.0939. The summed E-state index contributed by atoms with van der Waals surface area (Å²) < 4.78 is 28.1. The van der Waals surface area contributed by atoms with E-state index in [4.69, 9.17) is 0 Å². The fraction of sp³-hybridized carbons (Fsp3) is 0.240. The Bertz CT molecular complexity index is 1170. The maximum Gasteiger partial charge on any atom is 0.261 e. The van der Waals surface area contributed by atoms with E-state index in [2.05, 4.69) is 29.1 Å². The summed E-state index contributed by atoms with van der Waals surface area (Å²) in [6.45, 7) is 7.67. The lowest BCUT2D eigenvalue weighted by atomic mass is 10.0. The van der Waals surface area contributed by atoms with Crippen LogP contribution in [0.25, 0.3) is 0 Å². The standard InChI is InChI=1S/C25H28N2O3S/c1-5-20-11-13-21(14-12-20)19(4)26-25(28)23-7-6-8-24(18(23)3)27-31(29,30)22-15-9-17(2)10-16-22/h6-16,19,27H,5H2,1-4H3,(H,26,28). The van der Waals surface area contributed by atoms with Crippen molar-refractivity contribution in [2.75, 3.05) is 4.72 Å². The first-order valence-corrected chi connectivity index (χ1v) is 11.8. The highest BCUT2D eigenvalue weighted by molar-refractivity contribution is 7.92. The lowest BCUT2D eigenvalue weighted by Crippen LogP contribution is -2.27. The van der Waals surface area contributed by atoms with E-state index in [-0.39, 0.29) is 16.8 Å². The maximum absolute atomic E-state index is 12.9. The van der Waals surface area contributed by atoms with Crippen LogP contribution in [0.3, 0.4) is 0 Å². The fourth-order valence-electron chi connectivity index (χ4n) is 3.31. The molecule has 0 fully saturated rings. The summed E-state index contributed by atoms with van der Waals surface area (Å²) in [6.07, 6.45) is 0.964. The topological polar surface area (TPSA) is 75.3 Å². The molecule has 5 nitrogen and oxygen atoms in total. The van der Waals surface area contributed by atoms with E-state index in [1.54, 1.807) is 49.4 Å². The van der Waals surface area contributed by atoms with E-state index in [0.29, 0.717) is 16.8 Å². The Morgan fingerprint density at radius 1 is 0.935 bits per heavy atom. The molecule has 0 saturated heterocycles. The normalized spacial score (nSPS) is 12.3. The molecular weight excluding hydrogens is 408 g/mol. The Labute approximate surface area is 184 Å². The van der Waals surface area contributed by atoms with Gasteiger partial charge in [0.25, 0.3) is 15.9 Å². The third-order valence-electron chi connectivity index (χ3n) is 5.39. The van der Waals surface area contributed by atoms with Crippen molar-refractivity contribution in [3.05, 3.63) is 94.5 Å². The van der Waals surface area contributed by atoms with Crippen molar-refractivity contribution in [2.24, 2.45) is 0 Å². The summed E-state index contributed by atoms with van der Waals surface area (Å²) in [6, 6.07) is 19.6. The van der Waals surface area contributed by atoms with E-state index < -0.39 is 10.0 Å². The molecule has 3 aromatic rings. The molecule has 0 aromatic heterocycles. The first-order chi connectivity index (χ1) is 14.7. The van der Waals surface area contributed by atoms with Gasteiger partial charge in [0.05, 0.1) is 16.6 Å². The average Bonchev–Trinajstić information content (AvgIpc) is 2.75. The van der Waals surface area contributed by atoms with Crippen LogP contribution >= 0.6 is 0 Å². The molecule has 0 bridgehead atoms. The van der Waals surface area contributed by atoms with Crippen LogP contribution in [0.2, 0.25) is 0 Å². The molecule has 6 heteroatoms. The molecule has 0 aliphatic heterocycles. The highest BCUT2D eigenvalue weighted by Crippen LogP contribution is 2.24. The number of rotatable bonds is 7. The first-order valence-electron chi connectivity index (χ1n) is 10.3. The third kappa shape index (κ3) is 5.33. The molecule has 0 aliphatic rings. The van der Waals surface area contributed by atoms with Crippen LogP contribution in [0, 0.1) is 13.8 Å². The Morgan fingerprint density at radius 3 is 2.19 bits per heavy atom. The average molecular weight is 437 g/mol. The third-order valence-corrected chi connectivity index (χ3v) is 6.77. The summed E-state index contributed by atoms with van der Waals surface area (Å²) in [5.41, 5.74) is 4.62. The number of sulfonamides is 1. The number of carbonyl (C=O) groups excluding carboxylic acids is 1. The molecule has 1 unspecified atom stereocenters. The number of hydrogen-bond donors (Lipinski definition) is 2. The summed E-state index contributed by atoms with van der Waals surface area (Å²) >= 11 is 0. The van der Waals surface area contributed by atoms with E-state index in [0.717, 1.165) is 17.5 Å². The molecule has 0 saturated carbocycles. The van der Waals surface area contributed by atoms with Crippen LogP contribution in [0.5, 0.6) is 0 Å². The molecule has 0 heterocycles. The summed E-state index contributed by atoms with van der Waals surface area (Å²) in [4.78, 5) is 13.1. The molecule has 0 radical (unpaired) electrons. The number of anilines is 1. The number of aryl methyl sites for hydroxylation is 2. The smallest absolute Gasteiger partial charge is 0.261 e. The second-order valence-corrected chi connectivity index (χ2v) is 9.37. The van der Waals surface area contributed by atoms with Crippen LogP contribution in [-0.2, 0) is 16.4 Å². The number of carbonyl (C=O) groups is 1. The zero-order valence-electron chi connectivity index (χ0n) is 18.3.